The van der Waals surface area contributed by atoms with Crippen molar-refractivity contribution in [3.8, 4) is 0 Å². The minimum absolute atomic E-state index is 0.0494. The van der Waals surface area contributed by atoms with Gasteiger partial charge in [-0.15, -0.1) is 0 Å². The van der Waals surface area contributed by atoms with Crippen LogP contribution in [0.15, 0.2) is 11.6 Å². The molecule has 0 aromatic heterocycles. The third kappa shape index (κ3) is 4.44. The zero-order valence-electron chi connectivity index (χ0n) is 11.3. The maximum absolute atomic E-state index is 5.69. The first-order valence-electron chi connectivity index (χ1n) is 7.07. The fourth-order valence-corrected chi connectivity index (χ4v) is 2.50. The number of rotatable bonds is 3. The average Bonchev–Trinajstić information content (AvgIpc) is 2.56. The maximum Gasteiger partial charge on any atom is 0.157 e. The molecule has 0 saturated carbocycles. The number of hydrogen-bond acceptors (Lipinski definition) is 2. The van der Waals surface area contributed by atoms with Crippen LogP contribution in [0.4, 0.5) is 0 Å². The zero-order chi connectivity index (χ0) is 12.1. The van der Waals surface area contributed by atoms with Crippen LogP contribution in [0.3, 0.4) is 0 Å². The highest BCUT2D eigenvalue weighted by Gasteiger charge is 2.22. The predicted octanol–water partition coefficient (Wildman–Crippen LogP) is 4.06. The van der Waals surface area contributed by atoms with Crippen molar-refractivity contribution in [1.29, 1.82) is 0 Å². The fraction of sp³-hybridized carbons (Fsp3) is 0.867. The largest absolute Gasteiger partial charge is 0.353 e. The third-order valence-electron chi connectivity index (χ3n) is 3.91. The second-order valence-electron chi connectivity index (χ2n) is 6.15. The first-order chi connectivity index (χ1) is 8.16. The molecule has 1 aliphatic heterocycles. The highest BCUT2D eigenvalue weighted by atomic mass is 16.7. The van der Waals surface area contributed by atoms with Gasteiger partial charge in [-0.25, -0.2) is 0 Å². The Morgan fingerprint density at radius 1 is 1.24 bits per heavy atom. The minimum Gasteiger partial charge on any atom is -0.353 e. The highest BCUT2D eigenvalue weighted by Crippen LogP contribution is 2.35. The summed E-state index contributed by atoms with van der Waals surface area (Å²) in [5.74, 6) is 0. The van der Waals surface area contributed by atoms with E-state index in [1.54, 1.807) is 5.57 Å². The molecule has 2 heteroatoms. The van der Waals surface area contributed by atoms with Gasteiger partial charge in [-0.3, -0.25) is 0 Å². The molecule has 0 aromatic carbocycles. The Bertz CT molecular complexity index is 260. The molecule has 0 spiro atoms. The van der Waals surface area contributed by atoms with Gasteiger partial charge >= 0.3 is 0 Å². The molecule has 0 amide bonds. The van der Waals surface area contributed by atoms with Gasteiger partial charge in [-0.05, 0) is 43.9 Å². The molecule has 2 nitrogen and oxygen atoms in total. The minimum atomic E-state index is 0.0494. The topological polar surface area (TPSA) is 18.5 Å². The van der Waals surface area contributed by atoms with Crippen molar-refractivity contribution in [2.45, 2.75) is 65.1 Å². The Morgan fingerprint density at radius 3 is 2.53 bits per heavy atom. The van der Waals surface area contributed by atoms with Gasteiger partial charge in [0, 0.05) is 19.6 Å². The molecule has 1 saturated heterocycles. The summed E-state index contributed by atoms with van der Waals surface area (Å²) in [6.45, 7) is 6.46. The molecule has 2 aliphatic rings. The second kappa shape index (κ2) is 6.01. The normalized spacial score (nSPS) is 26.4. The number of hydrogen-bond donors (Lipinski definition) is 0. The number of allylic oxidation sites excluding steroid dienone is 2. The summed E-state index contributed by atoms with van der Waals surface area (Å²) in [4.78, 5) is 0. The molecule has 0 radical (unpaired) electrons. The van der Waals surface area contributed by atoms with Crippen molar-refractivity contribution in [3.05, 3.63) is 11.6 Å². The summed E-state index contributed by atoms with van der Waals surface area (Å²) in [7, 11) is 0. The van der Waals surface area contributed by atoms with Gasteiger partial charge in [0.25, 0.3) is 0 Å². The molecule has 1 fully saturated rings. The van der Waals surface area contributed by atoms with Crippen molar-refractivity contribution in [2.24, 2.45) is 5.41 Å². The van der Waals surface area contributed by atoms with E-state index in [4.69, 9.17) is 9.47 Å². The molecule has 98 valence electrons. The molecular formula is C15H26O2. The summed E-state index contributed by atoms with van der Waals surface area (Å²) < 4.78 is 11.4. The van der Waals surface area contributed by atoms with Crippen LogP contribution < -0.4 is 0 Å². The van der Waals surface area contributed by atoms with Gasteiger partial charge < -0.3 is 9.47 Å². The molecule has 1 aliphatic carbocycles. The number of ether oxygens (including phenoxy) is 2. The Kier molecular flexibility index (Phi) is 4.63. The molecule has 0 bridgehead atoms. The van der Waals surface area contributed by atoms with Crippen LogP contribution in [0.25, 0.3) is 0 Å². The monoisotopic (exact) mass is 238 g/mol. The van der Waals surface area contributed by atoms with Crippen molar-refractivity contribution in [1.82, 2.24) is 0 Å². The lowest BCUT2D eigenvalue weighted by atomic mass is 9.77. The van der Waals surface area contributed by atoms with E-state index in [0.717, 1.165) is 38.9 Å². The van der Waals surface area contributed by atoms with Crippen molar-refractivity contribution in [3.63, 3.8) is 0 Å². The van der Waals surface area contributed by atoms with E-state index in [0.29, 0.717) is 5.41 Å². The van der Waals surface area contributed by atoms with E-state index in [1.165, 1.54) is 19.3 Å². The van der Waals surface area contributed by atoms with Crippen LogP contribution in [-0.2, 0) is 9.47 Å². The van der Waals surface area contributed by atoms with E-state index in [9.17, 15) is 0 Å². The van der Waals surface area contributed by atoms with Crippen LogP contribution in [0.5, 0.6) is 0 Å². The standard InChI is InChI=1S/C15H26O2/c1-15(2)9-7-13(8-10-15)5-6-14-16-11-3-4-12-17-14/h7,14H,3-6,8-12H2,1-2H3. The van der Waals surface area contributed by atoms with Gasteiger partial charge in [0.05, 0.1) is 0 Å². The molecule has 2 rings (SSSR count). The van der Waals surface area contributed by atoms with Gasteiger partial charge in [-0.2, -0.15) is 0 Å². The van der Waals surface area contributed by atoms with Gasteiger partial charge in [0.2, 0.25) is 0 Å². The zero-order valence-corrected chi connectivity index (χ0v) is 11.3. The molecule has 0 N–H and O–H groups in total. The maximum atomic E-state index is 5.69. The second-order valence-corrected chi connectivity index (χ2v) is 6.15. The van der Waals surface area contributed by atoms with E-state index < -0.39 is 0 Å². The van der Waals surface area contributed by atoms with Crippen molar-refractivity contribution < 1.29 is 9.47 Å². The van der Waals surface area contributed by atoms with Crippen LogP contribution in [0, 0.1) is 5.41 Å². The van der Waals surface area contributed by atoms with Gasteiger partial charge in [0.15, 0.2) is 6.29 Å². The molecule has 0 aromatic rings. The Hall–Kier alpha value is -0.340. The van der Waals surface area contributed by atoms with E-state index >= 15 is 0 Å². The van der Waals surface area contributed by atoms with Crippen LogP contribution in [-0.4, -0.2) is 19.5 Å². The molecule has 0 unspecified atom stereocenters. The lowest BCUT2D eigenvalue weighted by molar-refractivity contribution is -0.129. The lowest BCUT2D eigenvalue weighted by Gasteiger charge is -2.29. The molecular weight excluding hydrogens is 212 g/mol. The Balaban J connectivity index is 1.73. The highest BCUT2D eigenvalue weighted by molar-refractivity contribution is 5.08. The molecule has 1 heterocycles. The fourth-order valence-electron chi connectivity index (χ4n) is 2.50. The lowest BCUT2D eigenvalue weighted by Crippen LogP contribution is -2.18. The van der Waals surface area contributed by atoms with Gasteiger partial charge in [0.1, 0.15) is 0 Å². The SMILES string of the molecule is CC1(C)CC=C(CCC2OCCCCO2)CC1. The summed E-state index contributed by atoms with van der Waals surface area (Å²) in [6.07, 6.45) is 10.8. The van der Waals surface area contributed by atoms with E-state index in [2.05, 4.69) is 19.9 Å². The van der Waals surface area contributed by atoms with Crippen LogP contribution in [0.2, 0.25) is 0 Å². The first kappa shape index (κ1) is 13.1. The van der Waals surface area contributed by atoms with Crippen molar-refractivity contribution in [2.75, 3.05) is 13.2 Å². The predicted molar refractivity (Wildman–Crippen MR) is 69.9 cm³/mol. The van der Waals surface area contributed by atoms with E-state index in [1.807, 2.05) is 0 Å². The smallest absolute Gasteiger partial charge is 0.157 e. The Labute approximate surface area is 105 Å². The third-order valence-corrected chi connectivity index (χ3v) is 3.91. The summed E-state index contributed by atoms with van der Waals surface area (Å²) in [5.41, 5.74) is 2.12. The van der Waals surface area contributed by atoms with E-state index in [-0.39, 0.29) is 6.29 Å². The summed E-state index contributed by atoms with van der Waals surface area (Å²) in [6, 6.07) is 0. The van der Waals surface area contributed by atoms with Crippen LogP contribution in [0.1, 0.15) is 58.8 Å². The quantitative estimate of drug-likeness (QED) is 0.690. The van der Waals surface area contributed by atoms with Crippen molar-refractivity contribution >= 4 is 0 Å². The first-order valence-corrected chi connectivity index (χ1v) is 7.07. The molecule has 17 heavy (non-hydrogen) atoms. The average molecular weight is 238 g/mol. The van der Waals surface area contributed by atoms with Crippen LogP contribution >= 0.6 is 0 Å². The Morgan fingerprint density at radius 2 is 1.94 bits per heavy atom. The molecule has 0 atom stereocenters. The summed E-state index contributed by atoms with van der Waals surface area (Å²) in [5, 5.41) is 0. The summed E-state index contributed by atoms with van der Waals surface area (Å²) >= 11 is 0. The van der Waals surface area contributed by atoms with Gasteiger partial charge in [-0.1, -0.05) is 25.5 Å².